The van der Waals surface area contributed by atoms with E-state index in [9.17, 15) is 0 Å². The topological polar surface area (TPSA) is 43.9 Å². The summed E-state index contributed by atoms with van der Waals surface area (Å²) in [6.45, 7) is 4.14. The molecule has 2 radical (unpaired) electrons. The average molecular weight is 253 g/mol. The summed E-state index contributed by atoms with van der Waals surface area (Å²) in [6.07, 6.45) is 5.10. The Labute approximate surface area is 112 Å². The molecule has 3 aromatic rings. The van der Waals surface area contributed by atoms with Gasteiger partial charge >= 0.3 is 0 Å². The molecule has 2 aromatic heterocycles. The third-order valence-corrected chi connectivity index (χ3v) is 3.21. The molecule has 4 nitrogen and oxygen atoms in total. The molecule has 0 spiro atoms. The van der Waals surface area contributed by atoms with Crippen molar-refractivity contribution in [1.29, 1.82) is 0 Å². The van der Waals surface area contributed by atoms with Crippen molar-refractivity contribution in [2.75, 3.05) is 0 Å². The van der Waals surface area contributed by atoms with E-state index in [1.807, 2.05) is 19.1 Å². The van der Waals surface area contributed by atoms with Crippen LogP contribution in [-0.4, -0.2) is 14.5 Å². The molecule has 3 rings (SSSR count). The molecular weight excluding hydrogens is 238 g/mol. The van der Waals surface area contributed by atoms with Crippen molar-refractivity contribution >= 4 is 11.0 Å². The van der Waals surface area contributed by atoms with Crippen LogP contribution in [0.2, 0.25) is 0 Å². The van der Waals surface area contributed by atoms with Gasteiger partial charge in [0.05, 0.1) is 24.3 Å². The summed E-state index contributed by atoms with van der Waals surface area (Å²) in [5.41, 5.74) is 3.86. The minimum atomic E-state index is 0.600. The van der Waals surface area contributed by atoms with Crippen LogP contribution in [0, 0.1) is 14.0 Å². The van der Waals surface area contributed by atoms with Crippen molar-refractivity contribution < 1.29 is 4.42 Å². The summed E-state index contributed by atoms with van der Waals surface area (Å²) in [5.74, 6) is 1.51. The number of hydrogen-bond donors (Lipinski definition) is 0. The molecule has 0 unspecified atom stereocenters. The summed E-state index contributed by atoms with van der Waals surface area (Å²) in [4.78, 5) is 8.78. The SMILES string of the molecule is [CH]n1c(CCC)nc2c(C)cc(-c3ncco3)cc21. The zero-order chi connectivity index (χ0) is 13.4. The van der Waals surface area contributed by atoms with Gasteiger partial charge in [0.25, 0.3) is 0 Å². The molecule has 0 aliphatic heterocycles. The Morgan fingerprint density at radius 2 is 2.21 bits per heavy atom. The lowest BCUT2D eigenvalue weighted by molar-refractivity contribution is 0.574. The summed E-state index contributed by atoms with van der Waals surface area (Å²) in [6, 6.07) is 4.00. The Kier molecular flexibility index (Phi) is 2.85. The number of oxazole rings is 1. The maximum atomic E-state index is 6.12. The molecular formula is C15H15N3O. The highest BCUT2D eigenvalue weighted by Crippen LogP contribution is 2.27. The predicted molar refractivity (Wildman–Crippen MR) is 73.7 cm³/mol. The van der Waals surface area contributed by atoms with Crippen LogP contribution >= 0.6 is 0 Å². The molecule has 0 saturated heterocycles. The summed E-state index contributed by atoms with van der Waals surface area (Å²) in [7, 11) is 6.12. The maximum Gasteiger partial charge on any atom is 0.225 e. The van der Waals surface area contributed by atoms with Crippen LogP contribution < -0.4 is 0 Å². The molecule has 4 heteroatoms. The Morgan fingerprint density at radius 3 is 2.89 bits per heavy atom. The van der Waals surface area contributed by atoms with Crippen molar-refractivity contribution in [3.05, 3.63) is 43.0 Å². The Bertz CT molecular complexity index is 711. The van der Waals surface area contributed by atoms with Crippen LogP contribution in [0.5, 0.6) is 0 Å². The van der Waals surface area contributed by atoms with E-state index in [0.717, 1.165) is 40.8 Å². The molecule has 0 aliphatic carbocycles. The number of hydrogen-bond acceptors (Lipinski definition) is 3. The van der Waals surface area contributed by atoms with Gasteiger partial charge in [0.1, 0.15) is 12.1 Å². The average Bonchev–Trinajstić information content (AvgIpc) is 3.01. The fourth-order valence-electron chi connectivity index (χ4n) is 2.30. The minimum Gasteiger partial charge on any atom is -0.445 e. The summed E-state index contributed by atoms with van der Waals surface area (Å²) < 4.78 is 7.00. The number of aryl methyl sites for hydroxylation is 2. The van der Waals surface area contributed by atoms with E-state index in [2.05, 4.69) is 16.9 Å². The van der Waals surface area contributed by atoms with Gasteiger partial charge in [-0.25, -0.2) is 9.97 Å². The van der Waals surface area contributed by atoms with Crippen molar-refractivity contribution in [3.63, 3.8) is 0 Å². The molecule has 96 valence electrons. The number of benzene rings is 1. The molecule has 0 fully saturated rings. The first-order valence-corrected chi connectivity index (χ1v) is 6.37. The van der Waals surface area contributed by atoms with E-state index in [4.69, 9.17) is 11.5 Å². The van der Waals surface area contributed by atoms with E-state index in [1.165, 1.54) is 0 Å². The lowest BCUT2D eigenvalue weighted by Gasteiger charge is -2.02. The molecule has 2 heterocycles. The number of nitrogens with zero attached hydrogens (tertiary/aromatic N) is 3. The molecule has 0 N–H and O–H groups in total. The predicted octanol–water partition coefficient (Wildman–Crippen LogP) is 3.47. The normalized spacial score (nSPS) is 11.3. The summed E-state index contributed by atoms with van der Waals surface area (Å²) in [5, 5.41) is 0. The van der Waals surface area contributed by atoms with E-state index in [0.29, 0.717) is 5.89 Å². The van der Waals surface area contributed by atoms with Crippen LogP contribution in [0.3, 0.4) is 0 Å². The van der Waals surface area contributed by atoms with Crippen LogP contribution in [0.1, 0.15) is 24.7 Å². The van der Waals surface area contributed by atoms with Gasteiger partial charge in [0, 0.05) is 12.0 Å². The lowest BCUT2D eigenvalue weighted by Crippen LogP contribution is -1.94. The highest BCUT2D eigenvalue weighted by molar-refractivity contribution is 5.84. The first-order chi connectivity index (χ1) is 9.20. The van der Waals surface area contributed by atoms with Gasteiger partial charge in [-0.05, 0) is 31.0 Å². The summed E-state index contributed by atoms with van der Waals surface area (Å²) >= 11 is 0. The Balaban J connectivity index is 2.22. The van der Waals surface area contributed by atoms with Crippen molar-refractivity contribution in [3.8, 4) is 11.5 Å². The molecule has 0 bridgehead atoms. The van der Waals surface area contributed by atoms with E-state index >= 15 is 0 Å². The van der Waals surface area contributed by atoms with Crippen LogP contribution in [0.15, 0.2) is 29.0 Å². The quantitative estimate of drug-likeness (QED) is 0.718. The maximum absolute atomic E-state index is 6.12. The van der Waals surface area contributed by atoms with Gasteiger partial charge in [-0.3, -0.25) is 0 Å². The number of imidazole rings is 1. The van der Waals surface area contributed by atoms with Crippen molar-refractivity contribution in [1.82, 2.24) is 14.5 Å². The second kappa shape index (κ2) is 4.53. The smallest absolute Gasteiger partial charge is 0.225 e. The lowest BCUT2D eigenvalue weighted by atomic mass is 10.1. The molecule has 1 aromatic carbocycles. The Hall–Kier alpha value is -2.10. The standard InChI is InChI=1S/C15H15N3O/c1-4-5-13-17-14-10(2)8-11(9-12(14)18(13)3)15-16-6-7-19-15/h3,6-9H,4-5H2,1-2H3. The third-order valence-electron chi connectivity index (χ3n) is 3.21. The monoisotopic (exact) mass is 253 g/mol. The second-order valence-electron chi connectivity index (χ2n) is 4.65. The molecule has 0 atom stereocenters. The van der Waals surface area contributed by atoms with E-state index in [1.54, 1.807) is 17.0 Å². The van der Waals surface area contributed by atoms with E-state index in [-0.39, 0.29) is 0 Å². The zero-order valence-electron chi connectivity index (χ0n) is 11.1. The fraction of sp³-hybridized carbons (Fsp3) is 0.267. The van der Waals surface area contributed by atoms with Crippen molar-refractivity contribution in [2.45, 2.75) is 26.7 Å². The fourth-order valence-corrected chi connectivity index (χ4v) is 2.30. The largest absolute Gasteiger partial charge is 0.445 e. The molecule has 0 saturated carbocycles. The van der Waals surface area contributed by atoms with Gasteiger partial charge in [-0.1, -0.05) is 6.92 Å². The second-order valence-corrected chi connectivity index (χ2v) is 4.65. The van der Waals surface area contributed by atoms with Gasteiger partial charge in [-0.2, -0.15) is 0 Å². The van der Waals surface area contributed by atoms with Crippen molar-refractivity contribution in [2.24, 2.45) is 0 Å². The van der Waals surface area contributed by atoms with Crippen LogP contribution in [0.4, 0.5) is 0 Å². The van der Waals surface area contributed by atoms with Crippen LogP contribution in [0.25, 0.3) is 22.5 Å². The van der Waals surface area contributed by atoms with Gasteiger partial charge < -0.3 is 8.98 Å². The van der Waals surface area contributed by atoms with Gasteiger partial charge in [-0.15, -0.1) is 0 Å². The van der Waals surface area contributed by atoms with Gasteiger partial charge in [0.2, 0.25) is 5.89 Å². The first kappa shape index (κ1) is 12.0. The molecule has 0 amide bonds. The first-order valence-electron chi connectivity index (χ1n) is 6.37. The van der Waals surface area contributed by atoms with Crippen LogP contribution in [-0.2, 0) is 6.42 Å². The third kappa shape index (κ3) is 1.93. The minimum absolute atomic E-state index is 0.600. The molecule has 19 heavy (non-hydrogen) atoms. The van der Waals surface area contributed by atoms with E-state index < -0.39 is 0 Å². The number of fused-ring (bicyclic) bond motifs is 1. The number of aromatic nitrogens is 3. The zero-order valence-corrected chi connectivity index (χ0v) is 11.1. The van der Waals surface area contributed by atoms with Gasteiger partial charge in [0.15, 0.2) is 0 Å². The Morgan fingerprint density at radius 1 is 1.37 bits per heavy atom. The molecule has 0 aliphatic rings. The highest BCUT2D eigenvalue weighted by atomic mass is 16.3. The highest BCUT2D eigenvalue weighted by Gasteiger charge is 2.13. The number of rotatable bonds is 3.